The summed E-state index contributed by atoms with van der Waals surface area (Å²) in [5.41, 5.74) is 4.02. The van der Waals surface area contributed by atoms with Crippen LogP contribution in [0.2, 0.25) is 0 Å². The van der Waals surface area contributed by atoms with E-state index in [-0.39, 0.29) is 30.7 Å². The van der Waals surface area contributed by atoms with Crippen molar-refractivity contribution in [2.24, 2.45) is 0 Å². The van der Waals surface area contributed by atoms with Gasteiger partial charge in [0.05, 0.1) is 7.11 Å². The molecule has 0 saturated carbocycles. The fourth-order valence-electron chi connectivity index (χ4n) is 4.78. The van der Waals surface area contributed by atoms with Crippen LogP contribution in [0.1, 0.15) is 34.6 Å². The van der Waals surface area contributed by atoms with E-state index in [1.54, 1.807) is 19.1 Å². The zero-order chi connectivity index (χ0) is 26.7. The molecule has 1 atom stereocenters. The second kappa shape index (κ2) is 13.2. The minimum Gasteiger partial charge on any atom is -0.497 e. The lowest BCUT2D eigenvalue weighted by molar-refractivity contribution is -0.141. The van der Waals surface area contributed by atoms with Gasteiger partial charge in [0, 0.05) is 32.4 Å². The quantitative estimate of drug-likeness (QED) is 0.288. The predicted molar refractivity (Wildman–Crippen MR) is 151 cm³/mol. The van der Waals surface area contributed by atoms with Gasteiger partial charge in [-0.1, -0.05) is 103 Å². The lowest BCUT2D eigenvalue weighted by Crippen LogP contribution is -2.50. The number of rotatable bonds is 11. The number of carbonyl (C=O) groups is 2. The van der Waals surface area contributed by atoms with Crippen molar-refractivity contribution in [1.82, 2.24) is 10.2 Å². The number of nitrogens with zero attached hydrogens (tertiary/aromatic N) is 1. The molecule has 0 aromatic heterocycles. The van der Waals surface area contributed by atoms with Crippen LogP contribution < -0.4 is 10.1 Å². The van der Waals surface area contributed by atoms with Crippen LogP contribution in [0.15, 0.2) is 115 Å². The zero-order valence-electron chi connectivity index (χ0n) is 21.9. The molecule has 38 heavy (non-hydrogen) atoms. The number of nitrogens with one attached hydrogen (secondary N) is 1. The summed E-state index contributed by atoms with van der Waals surface area (Å²) in [5, 5.41) is 2.79. The molecule has 5 heteroatoms. The van der Waals surface area contributed by atoms with Gasteiger partial charge in [-0.05, 0) is 34.4 Å². The van der Waals surface area contributed by atoms with Crippen molar-refractivity contribution in [2.75, 3.05) is 14.2 Å². The number of methoxy groups -OCH3 is 1. The van der Waals surface area contributed by atoms with E-state index in [9.17, 15) is 9.59 Å². The van der Waals surface area contributed by atoms with Crippen LogP contribution in [-0.2, 0) is 22.6 Å². The van der Waals surface area contributed by atoms with Gasteiger partial charge in [-0.15, -0.1) is 0 Å². The molecule has 194 valence electrons. The molecule has 0 aliphatic heterocycles. The van der Waals surface area contributed by atoms with E-state index >= 15 is 0 Å². The van der Waals surface area contributed by atoms with E-state index in [0.717, 1.165) is 22.3 Å². The monoisotopic (exact) mass is 506 g/mol. The molecule has 4 aromatic carbocycles. The summed E-state index contributed by atoms with van der Waals surface area (Å²) < 4.78 is 5.42. The molecule has 0 spiro atoms. The fourth-order valence-corrected chi connectivity index (χ4v) is 4.78. The standard InChI is InChI=1S/C33H34N2O3/c1-34-33(37)31(22-25-13-6-3-7-14-25)35(24-26-15-12-20-29(21-26)38-2)32(36)23-30(27-16-8-4-9-17-27)28-18-10-5-11-19-28/h3-21,30-31H,22-24H2,1-2H3,(H,34,37). The Hall–Kier alpha value is -4.38. The van der Waals surface area contributed by atoms with Gasteiger partial charge in [0.25, 0.3) is 0 Å². The maximum absolute atomic E-state index is 14.2. The lowest BCUT2D eigenvalue weighted by atomic mass is 9.87. The smallest absolute Gasteiger partial charge is 0.242 e. The molecule has 0 radical (unpaired) electrons. The molecule has 0 aliphatic rings. The van der Waals surface area contributed by atoms with E-state index < -0.39 is 6.04 Å². The van der Waals surface area contributed by atoms with Crippen LogP contribution in [0.4, 0.5) is 0 Å². The molecule has 1 unspecified atom stereocenters. The summed E-state index contributed by atoms with van der Waals surface area (Å²) in [4.78, 5) is 29.2. The maximum atomic E-state index is 14.2. The van der Waals surface area contributed by atoms with Crippen LogP contribution >= 0.6 is 0 Å². The summed E-state index contributed by atoms with van der Waals surface area (Å²) in [6.45, 7) is 0.289. The number of carbonyl (C=O) groups excluding carboxylic acids is 2. The van der Waals surface area contributed by atoms with Crippen molar-refractivity contribution in [3.8, 4) is 5.75 Å². The van der Waals surface area contributed by atoms with Gasteiger partial charge < -0.3 is 15.0 Å². The molecule has 2 amide bonds. The van der Waals surface area contributed by atoms with Gasteiger partial charge in [0.2, 0.25) is 11.8 Å². The third kappa shape index (κ3) is 6.88. The van der Waals surface area contributed by atoms with Gasteiger partial charge in [0.1, 0.15) is 11.8 Å². The summed E-state index contributed by atoms with van der Waals surface area (Å²) >= 11 is 0. The number of hydrogen-bond donors (Lipinski definition) is 1. The Balaban J connectivity index is 1.72. The van der Waals surface area contributed by atoms with E-state index in [0.29, 0.717) is 12.2 Å². The Bertz CT molecular complexity index is 1270. The molecule has 0 saturated heterocycles. The van der Waals surface area contributed by atoms with Crippen LogP contribution in [-0.4, -0.2) is 36.9 Å². The van der Waals surface area contributed by atoms with Gasteiger partial charge in [-0.25, -0.2) is 0 Å². The Morgan fingerprint density at radius 1 is 0.763 bits per heavy atom. The molecule has 4 aromatic rings. The summed E-state index contributed by atoms with van der Waals surface area (Å²) in [6.07, 6.45) is 0.651. The van der Waals surface area contributed by atoms with E-state index in [1.807, 2.05) is 91.0 Å². The Labute approximate surface area is 225 Å². The number of hydrogen-bond acceptors (Lipinski definition) is 3. The zero-order valence-corrected chi connectivity index (χ0v) is 21.9. The summed E-state index contributed by atoms with van der Waals surface area (Å²) in [5.74, 6) is 0.289. The number of benzene rings is 4. The van der Waals surface area contributed by atoms with Crippen molar-refractivity contribution in [3.05, 3.63) is 138 Å². The highest BCUT2D eigenvalue weighted by Gasteiger charge is 2.31. The topological polar surface area (TPSA) is 58.6 Å². The minimum atomic E-state index is -0.673. The van der Waals surface area contributed by atoms with Gasteiger partial charge in [0.15, 0.2) is 0 Å². The lowest BCUT2D eigenvalue weighted by Gasteiger charge is -2.32. The Kier molecular flexibility index (Phi) is 9.30. The predicted octanol–water partition coefficient (Wildman–Crippen LogP) is 5.60. The van der Waals surface area contributed by atoms with E-state index in [4.69, 9.17) is 4.74 Å². The molecular weight excluding hydrogens is 472 g/mol. The second-order valence-corrected chi connectivity index (χ2v) is 9.27. The van der Waals surface area contributed by atoms with Gasteiger partial charge >= 0.3 is 0 Å². The molecule has 5 nitrogen and oxygen atoms in total. The molecular formula is C33H34N2O3. The molecule has 0 bridgehead atoms. The fraction of sp³-hybridized carbons (Fsp3) is 0.212. The van der Waals surface area contributed by atoms with Crippen LogP contribution in [0.5, 0.6) is 5.75 Å². The second-order valence-electron chi connectivity index (χ2n) is 9.27. The Morgan fingerprint density at radius 2 is 1.32 bits per heavy atom. The SMILES string of the molecule is CNC(=O)C(Cc1ccccc1)N(Cc1cccc(OC)c1)C(=O)CC(c1ccccc1)c1ccccc1. The summed E-state index contributed by atoms with van der Waals surface area (Å²) in [7, 11) is 3.24. The first kappa shape index (κ1) is 26.7. The number of amides is 2. The first-order chi connectivity index (χ1) is 18.6. The largest absolute Gasteiger partial charge is 0.497 e. The van der Waals surface area contributed by atoms with Gasteiger partial charge in [-0.2, -0.15) is 0 Å². The number of ether oxygens (including phenoxy) is 1. The van der Waals surface area contributed by atoms with E-state index in [1.165, 1.54) is 0 Å². The van der Waals surface area contributed by atoms with Crippen LogP contribution in [0, 0.1) is 0 Å². The summed E-state index contributed by atoms with van der Waals surface area (Å²) in [6, 6.07) is 36.9. The molecule has 0 aliphatic carbocycles. The molecule has 1 N–H and O–H groups in total. The highest BCUT2D eigenvalue weighted by molar-refractivity contribution is 5.88. The minimum absolute atomic E-state index is 0.0879. The third-order valence-electron chi connectivity index (χ3n) is 6.79. The average Bonchev–Trinajstić information content (AvgIpc) is 2.98. The van der Waals surface area contributed by atoms with Crippen LogP contribution in [0.25, 0.3) is 0 Å². The van der Waals surface area contributed by atoms with Crippen molar-refractivity contribution in [2.45, 2.75) is 31.3 Å². The number of likely N-dealkylation sites (N-methyl/N-ethyl adjacent to an activating group) is 1. The third-order valence-corrected chi connectivity index (χ3v) is 6.79. The van der Waals surface area contributed by atoms with Crippen molar-refractivity contribution in [3.63, 3.8) is 0 Å². The van der Waals surface area contributed by atoms with Crippen LogP contribution in [0.3, 0.4) is 0 Å². The molecule has 0 fully saturated rings. The van der Waals surface area contributed by atoms with Gasteiger partial charge in [-0.3, -0.25) is 9.59 Å². The molecule has 0 heterocycles. The average molecular weight is 507 g/mol. The highest BCUT2D eigenvalue weighted by atomic mass is 16.5. The Morgan fingerprint density at radius 3 is 1.87 bits per heavy atom. The van der Waals surface area contributed by atoms with E-state index in [2.05, 4.69) is 29.6 Å². The van der Waals surface area contributed by atoms with Crippen molar-refractivity contribution < 1.29 is 14.3 Å². The first-order valence-corrected chi connectivity index (χ1v) is 12.9. The highest BCUT2D eigenvalue weighted by Crippen LogP contribution is 2.30. The maximum Gasteiger partial charge on any atom is 0.242 e. The molecule has 4 rings (SSSR count). The normalized spacial score (nSPS) is 11.6. The van der Waals surface area contributed by atoms with Crippen molar-refractivity contribution in [1.29, 1.82) is 0 Å². The first-order valence-electron chi connectivity index (χ1n) is 12.9. The van der Waals surface area contributed by atoms with Crippen molar-refractivity contribution >= 4 is 11.8 Å².